The summed E-state index contributed by atoms with van der Waals surface area (Å²) in [5.41, 5.74) is 1.81. The fourth-order valence-corrected chi connectivity index (χ4v) is 2.35. The molecule has 7 nitrogen and oxygen atoms in total. The number of aromatic amines is 1. The molecule has 7 heteroatoms. The molecule has 0 aliphatic rings. The lowest BCUT2D eigenvalue weighted by Crippen LogP contribution is -2.51. The van der Waals surface area contributed by atoms with Crippen LogP contribution < -0.4 is 10.6 Å². The summed E-state index contributed by atoms with van der Waals surface area (Å²) in [6, 6.07) is 5.76. The van der Waals surface area contributed by atoms with Crippen LogP contribution in [0.25, 0.3) is 10.9 Å². The highest BCUT2D eigenvalue weighted by atomic mass is 16.4. The number of hydrogen-bond donors (Lipinski definition) is 4. The van der Waals surface area contributed by atoms with E-state index in [1.807, 2.05) is 24.3 Å². The molecule has 1 aromatic heterocycles. The highest BCUT2D eigenvalue weighted by molar-refractivity contribution is 5.91. The van der Waals surface area contributed by atoms with Gasteiger partial charge < -0.3 is 20.7 Å². The molecule has 0 fully saturated rings. The van der Waals surface area contributed by atoms with Crippen LogP contribution >= 0.6 is 0 Å². The van der Waals surface area contributed by atoms with E-state index in [4.69, 9.17) is 5.11 Å². The Morgan fingerprint density at radius 3 is 2.57 bits per heavy atom. The quantitative estimate of drug-likeness (QED) is 0.631. The Labute approximate surface area is 133 Å². The lowest BCUT2D eigenvalue weighted by Gasteiger charge is -2.19. The van der Waals surface area contributed by atoms with Gasteiger partial charge in [-0.05, 0) is 18.6 Å². The van der Waals surface area contributed by atoms with Crippen molar-refractivity contribution in [2.45, 2.75) is 32.4 Å². The number of H-pyrrole nitrogens is 1. The molecule has 0 saturated carbocycles. The number of fused-ring (bicyclic) bond motifs is 1. The molecule has 23 heavy (non-hydrogen) atoms. The maximum Gasteiger partial charge on any atom is 0.325 e. The number of carbonyl (C=O) groups is 3. The first-order chi connectivity index (χ1) is 10.9. The smallest absolute Gasteiger partial charge is 0.325 e. The average Bonchev–Trinajstić information content (AvgIpc) is 2.89. The third kappa shape index (κ3) is 4.09. The van der Waals surface area contributed by atoms with E-state index in [0.717, 1.165) is 16.5 Å². The van der Waals surface area contributed by atoms with Crippen LogP contribution in [0.4, 0.5) is 0 Å². The lowest BCUT2D eigenvalue weighted by atomic mass is 10.0. The molecule has 2 amide bonds. The van der Waals surface area contributed by atoms with Crippen LogP contribution in [-0.2, 0) is 20.8 Å². The predicted octanol–water partition coefficient (Wildman–Crippen LogP) is 0.804. The van der Waals surface area contributed by atoms with E-state index in [1.54, 1.807) is 6.20 Å². The van der Waals surface area contributed by atoms with Crippen LogP contribution in [0, 0.1) is 0 Å². The number of carboxylic acid groups (broad SMARTS) is 1. The van der Waals surface area contributed by atoms with E-state index in [9.17, 15) is 14.4 Å². The van der Waals surface area contributed by atoms with E-state index in [-0.39, 0.29) is 12.3 Å². The molecule has 4 N–H and O–H groups in total. The summed E-state index contributed by atoms with van der Waals surface area (Å²) < 4.78 is 0. The van der Waals surface area contributed by atoms with Crippen LogP contribution in [0.1, 0.15) is 19.4 Å². The normalized spacial score (nSPS) is 13.3. The number of aliphatic carboxylic acids is 1. The van der Waals surface area contributed by atoms with Gasteiger partial charge >= 0.3 is 5.97 Å². The summed E-state index contributed by atoms with van der Waals surface area (Å²) in [5, 5.41) is 14.8. The molecule has 1 heterocycles. The van der Waals surface area contributed by atoms with Gasteiger partial charge in [0.15, 0.2) is 0 Å². The maximum atomic E-state index is 12.3. The largest absolute Gasteiger partial charge is 0.480 e. The van der Waals surface area contributed by atoms with Crippen molar-refractivity contribution in [3.05, 3.63) is 36.0 Å². The molecule has 0 radical (unpaired) electrons. The number of carboxylic acids is 1. The van der Waals surface area contributed by atoms with Gasteiger partial charge in [-0.2, -0.15) is 0 Å². The summed E-state index contributed by atoms with van der Waals surface area (Å²) in [7, 11) is 0. The van der Waals surface area contributed by atoms with Gasteiger partial charge in [-0.1, -0.05) is 18.2 Å². The van der Waals surface area contributed by atoms with E-state index in [1.165, 1.54) is 13.8 Å². The Kier molecular flexibility index (Phi) is 5.00. The molecule has 2 rings (SSSR count). The van der Waals surface area contributed by atoms with E-state index < -0.39 is 24.0 Å². The van der Waals surface area contributed by atoms with Gasteiger partial charge in [0.05, 0.1) is 0 Å². The van der Waals surface area contributed by atoms with E-state index in [0.29, 0.717) is 0 Å². The van der Waals surface area contributed by atoms with Crippen LogP contribution in [-0.4, -0.2) is 40.0 Å². The minimum atomic E-state index is -1.13. The molecule has 0 aliphatic heterocycles. The first kappa shape index (κ1) is 16.5. The van der Waals surface area contributed by atoms with Crippen molar-refractivity contribution in [2.24, 2.45) is 0 Å². The highest BCUT2D eigenvalue weighted by Gasteiger charge is 2.24. The van der Waals surface area contributed by atoms with Gasteiger partial charge in [0.1, 0.15) is 12.1 Å². The minimum absolute atomic E-state index is 0.266. The molecule has 0 bridgehead atoms. The van der Waals surface area contributed by atoms with Crippen molar-refractivity contribution < 1.29 is 19.5 Å². The molecule has 1 aromatic carbocycles. The molecule has 2 aromatic rings. The number of nitrogens with one attached hydrogen (secondary N) is 3. The molecular weight excluding hydrogens is 298 g/mol. The molecule has 0 saturated heterocycles. The van der Waals surface area contributed by atoms with Crippen molar-refractivity contribution in [3.8, 4) is 0 Å². The zero-order valence-electron chi connectivity index (χ0n) is 12.9. The van der Waals surface area contributed by atoms with Crippen molar-refractivity contribution in [2.75, 3.05) is 0 Å². The third-order valence-corrected chi connectivity index (χ3v) is 3.52. The van der Waals surface area contributed by atoms with Crippen molar-refractivity contribution in [1.29, 1.82) is 0 Å². The van der Waals surface area contributed by atoms with Crippen LogP contribution in [0.2, 0.25) is 0 Å². The first-order valence-corrected chi connectivity index (χ1v) is 7.23. The van der Waals surface area contributed by atoms with E-state index >= 15 is 0 Å². The summed E-state index contributed by atoms with van der Waals surface area (Å²) >= 11 is 0. The van der Waals surface area contributed by atoms with Crippen LogP contribution in [0.15, 0.2) is 30.5 Å². The third-order valence-electron chi connectivity index (χ3n) is 3.52. The van der Waals surface area contributed by atoms with E-state index in [2.05, 4.69) is 15.6 Å². The summed E-state index contributed by atoms with van der Waals surface area (Å²) in [4.78, 5) is 37.6. The number of aromatic nitrogens is 1. The molecule has 122 valence electrons. The van der Waals surface area contributed by atoms with Gasteiger partial charge in [0, 0.05) is 30.4 Å². The highest BCUT2D eigenvalue weighted by Crippen LogP contribution is 2.19. The Morgan fingerprint density at radius 2 is 1.91 bits per heavy atom. The first-order valence-electron chi connectivity index (χ1n) is 7.23. The number of carbonyl (C=O) groups excluding carboxylic acids is 2. The van der Waals surface area contributed by atoms with Crippen molar-refractivity contribution in [1.82, 2.24) is 15.6 Å². The van der Waals surface area contributed by atoms with Gasteiger partial charge in [-0.25, -0.2) is 0 Å². The topological polar surface area (TPSA) is 111 Å². The van der Waals surface area contributed by atoms with Gasteiger partial charge in [-0.3, -0.25) is 14.4 Å². The van der Waals surface area contributed by atoms with Gasteiger partial charge in [0.2, 0.25) is 11.8 Å². The van der Waals surface area contributed by atoms with Gasteiger partial charge in [-0.15, -0.1) is 0 Å². The van der Waals surface area contributed by atoms with Gasteiger partial charge in [0.25, 0.3) is 0 Å². The zero-order valence-corrected chi connectivity index (χ0v) is 12.9. The number of amides is 2. The molecular formula is C16H19N3O4. The molecule has 2 unspecified atom stereocenters. The fraction of sp³-hybridized carbons (Fsp3) is 0.312. The number of para-hydroxylation sites is 1. The van der Waals surface area contributed by atoms with Crippen LogP contribution in [0.5, 0.6) is 0 Å². The minimum Gasteiger partial charge on any atom is -0.480 e. The second-order valence-corrected chi connectivity index (χ2v) is 5.39. The standard InChI is InChI=1S/C16H19N3O4/c1-9(16(22)23)18-15(21)14(19-10(2)20)7-11-8-17-13-6-4-3-5-12(11)13/h3-6,8-9,14,17H,7H2,1-2H3,(H,18,21)(H,19,20)(H,22,23). The summed E-state index contributed by atoms with van der Waals surface area (Å²) in [6.45, 7) is 2.69. The number of hydrogen-bond acceptors (Lipinski definition) is 3. The Hall–Kier alpha value is -2.83. The average molecular weight is 317 g/mol. The molecule has 2 atom stereocenters. The second-order valence-electron chi connectivity index (χ2n) is 5.39. The Bertz CT molecular complexity index is 738. The molecule has 0 spiro atoms. The monoisotopic (exact) mass is 317 g/mol. The van der Waals surface area contributed by atoms with Crippen LogP contribution in [0.3, 0.4) is 0 Å². The number of rotatable bonds is 6. The Balaban J connectivity index is 2.19. The maximum absolute atomic E-state index is 12.3. The van der Waals surface area contributed by atoms with Crippen molar-refractivity contribution >= 4 is 28.7 Å². The fourth-order valence-electron chi connectivity index (χ4n) is 2.35. The number of benzene rings is 1. The molecule has 0 aliphatic carbocycles. The second kappa shape index (κ2) is 6.95. The summed E-state index contributed by atoms with van der Waals surface area (Å²) in [5.74, 6) is -2.01. The SMILES string of the molecule is CC(=O)NC(Cc1c[nH]c2ccccc12)C(=O)NC(C)C(=O)O. The lowest BCUT2D eigenvalue weighted by molar-refractivity contribution is -0.141. The predicted molar refractivity (Wildman–Crippen MR) is 84.8 cm³/mol. The van der Waals surface area contributed by atoms with Crippen molar-refractivity contribution in [3.63, 3.8) is 0 Å². The Morgan fingerprint density at radius 1 is 1.22 bits per heavy atom. The zero-order chi connectivity index (χ0) is 17.0. The summed E-state index contributed by atoms with van der Waals surface area (Å²) in [6.07, 6.45) is 2.05.